The molecule has 0 aliphatic heterocycles. The van der Waals surface area contributed by atoms with E-state index in [-0.39, 0.29) is 5.43 Å². The quantitative estimate of drug-likeness (QED) is 0.289. The van der Waals surface area contributed by atoms with Gasteiger partial charge in [-0.2, -0.15) is 0 Å². The van der Waals surface area contributed by atoms with Crippen molar-refractivity contribution in [2.45, 2.75) is 45.1 Å². The molecule has 1 aliphatic rings. The molecule has 0 spiro atoms. The Kier molecular flexibility index (Phi) is 5.90. The molecule has 2 aromatic carbocycles. The van der Waals surface area contributed by atoms with E-state index in [1.165, 1.54) is 38.2 Å². The summed E-state index contributed by atoms with van der Waals surface area (Å²) in [6.07, 6.45) is 6.23. The lowest BCUT2D eigenvalue weighted by Gasteiger charge is -2.24. The van der Waals surface area contributed by atoms with Gasteiger partial charge in [-0.25, -0.2) is 4.98 Å². The highest BCUT2D eigenvalue weighted by atomic mass is 16.3. The Labute approximate surface area is 210 Å². The highest BCUT2D eigenvalue weighted by molar-refractivity contribution is 5.78. The number of fused-ring (bicyclic) bond motifs is 1. The second-order valence-electron chi connectivity index (χ2n) is 9.61. The molecule has 5 aromatic rings. The topological polar surface area (TPSA) is 59.5 Å². The predicted molar refractivity (Wildman–Crippen MR) is 145 cm³/mol. The fourth-order valence-corrected chi connectivity index (χ4v) is 5.19. The number of anilines is 1. The van der Waals surface area contributed by atoms with E-state index in [2.05, 4.69) is 47.0 Å². The summed E-state index contributed by atoms with van der Waals surface area (Å²) in [4.78, 5) is 17.4. The number of aromatic nitrogens is 2. The number of hydrogen-bond acceptors (Lipinski definition) is 4. The molecular formula is C31H29N3O2. The molecular weight excluding hydrogens is 446 g/mol. The molecule has 1 fully saturated rings. The van der Waals surface area contributed by atoms with Crippen LogP contribution in [-0.4, -0.2) is 15.4 Å². The second kappa shape index (κ2) is 9.50. The minimum Gasteiger partial charge on any atom is -0.456 e. The van der Waals surface area contributed by atoms with Gasteiger partial charge in [-0.05, 0) is 31.9 Å². The first-order valence-electron chi connectivity index (χ1n) is 12.7. The molecule has 6 rings (SSSR count). The van der Waals surface area contributed by atoms with Crippen LogP contribution >= 0.6 is 0 Å². The van der Waals surface area contributed by atoms with Crippen molar-refractivity contribution in [2.24, 2.45) is 0 Å². The Hall–Kier alpha value is -4.12. The molecule has 3 aromatic heterocycles. The number of pyridine rings is 1. The van der Waals surface area contributed by atoms with Crippen molar-refractivity contribution in [2.75, 3.05) is 5.32 Å². The maximum absolute atomic E-state index is 12.4. The maximum Gasteiger partial charge on any atom is 0.186 e. The third-order valence-corrected chi connectivity index (χ3v) is 7.05. The third kappa shape index (κ3) is 4.33. The Morgan fingerprint density at radius 3 is 2.19 bits per heavy atom. The third-order valence-electron chi connectivity index (χ3n) is 7.05. The second-order valence-corrected chi connectivity index (χ2v) is 9.61. The zero-order chi connectivity index (χ0) is 24.5. The van der Waals surface area contributed by atoms with Crippen LogP contribution in [0.1, 0.15) is 37.8 Å². The molecule has 0 unspecified atom stereocenters. The van der Waals surface area contributed by atoms with Gasteiger partial charge in [0.25, 0.3) is 0 Å². The number of nitrogens with one attached hydrogen (secondary N) is 1. The van der Waals surface area contributed by atoms with Gasteiger partial charge in [-0.1, -0.05) is 79.9 Å². The predicted octanol–water partition coefficient (Wildman–Crippen LogP) is 7.34. The van der Waals surface area contributed by atoms with Crippen LogP contribution in [0.3, 0.4) is 0 Å². The SMILES string of the molecule is Cc1cccc2nc(-c3ccc(-c4cc(=O)cc(-c5ccccc5)o4)cc3)c(NC3CCCCC3)n12. The zero-order valence-corrected chi connectivity index (χ0v) is 20.4. The lowest BCUT2D eigenvalue weighted by molar-refractivity contribution is 0.461. The fourth-order valence-electron chi connectivity index (χ4n) is 5.19. The van der Waals surface area contributed by atoms with E-state index < -0.39 is 0 Å². The number of rotatable bonds is 5. The average molecular weight is 476 g/mol. The van der Waals surface area contributed by atoms with Crippen LogP contribution in [0.25, 0.3) is 39.6 Å². The summed E-state index contributed by atoms with van der Waals surface area (Å²) < 4.78 is 8.35. The van der Waals surface area contributed by atoms with Gasteiger partial charge in [-0.15, -0.1) is 0 Å². The van der Waals surface area contributed by atoms with Crippen LogP contribution in [0.15, 0.2) is 94.1 Å². The molecule has 5 nitrogen and oxygen atoms in total. The van der Waals surface area contributed by atoms with E-state index >= 15 is 0 Å². The number of imidazole rings is 1. The van der Waals surface area contributed by atoms with Gasteiger partial charge in [0.1, 0.15) is 28.7 Å². The molecule has 180 valence electrons. The lowest BCUT2D eigenvalue weighted by Crippen LogP contribution is -2.23. The summed E-state index contributed by atoms with van der Waals surface area (Å²) in [6, 6.07) is 27.6. The largest absolute Gasteiger partial charge is 0.456 e. The molecule has 3 heterocycles. The van der Waals surface area contributed by atoms with Gasteiger partial charge in [0.15, 0.2) is 5.43 Å². The van der Waals surface area contributed by atoms with E-state index in [9.17, 15) is 4.79 Å². The first-order chi connectivity index (χ1) is 17.7. The van der Waals surface area contributed by atoms with Gasteiger partial charge >= 0.3 is 0 Å². The number of nitrogens with zero attached hydrogens (tertiary/aromatic N) is 2. The average Bonchev–Trinajstić information content (AvgIpc) is 3.29. The number of hydrogen-bond donors (Lipinski definition) is 1. The van der Waals surface area contributed by atoms with E-state index in [1.807, 2.05) is 42.5 Å². The first kappa shape index (κ1) is 22.4. The van der Waals surface area contributed by atoms with Crippen molar-refractivity contribution < 1.29 is 4.42 Å². The van der Waals surface area contributed by atoms with E-state index in [4.69, 9.17) is 9.40 Å². The van der Waals surface area contributed by atoms with Gasteiger partial charge in [0, 0.05) is 40.6 Å². The number of aryl methyl sites for hydroxylation is 1. The van der Waals surface area contributed by atoms with Gasteiger partial charge in [0.2, 0.25) is 0 Å². The zero-order valence-electron chi connectivity index (χ0n) is 20.4. The smallest absolute Gasteiger partial charge is 0.186 e. The van der Waals surface area contributed by atoms with E-state index in [1.54, 1.807) is 6.07 Å². The summed E-state index contributed by atoms with van der Waals surface area (Å²) in [5, 5.41) is 3.83. The Morgan fingerprint density at radius 2 is 1.47 bits per heavy atom. The van der Waals surface area contributed by atoms with Crippen molar-refractivity contribution in [1.82, 2.24) is 9.38 Å². The maximum atomic E-state index is 12.4. The Morgan fingerprint density at radius 1 is 0.806 bits per heavy atom. The van der Waals surface area contributed by atoms with Crippen LogP contribution in [0, 0.1) is 6.92 Å². The van der Waals surface area contributed by atoms with Gasteiger partial charge in [0.05, 0.1) is 0 Å². The normalized spacial score (nSPS) is 14.2. The van der Waals surface area contributed by atoms with Crippen molar-refractivity contribution >= 4 is 11.5 Å². The summed E-state index contributed by atoms with van der Waals surface area (Å²) in [5.74, 6) is 2.18. The number of benzene rings is 2. The van der Waals surface area contributed by atoms with E-state index in [0.717, 1.165) is 39.5 Å². The van der Waals surface area contributed by atoms with Crippen LogP contribution in [-0.2, 0) is 0 Å². The molecule has 36 heavy (non-hydrogen) atoms. The van der Waals surface area contributed by atoms with Gasteiger partial charge < -0.3 is 9.73 Å². The highest BCUT2D eigenvalue weighted by Crippen LogP contribution is 2.34. The molecule has 0 amide bonds. The monoisotopic (exact) mass is 475 g/mol. The summed E-state index contributed by atoms with van der Waals surface area (Å²) in [7, 11) is 0. The summed E-state index contributed by atoms with van der Waals surface area (Å²) in [5.41, 5.74) is 5.73. The minimum atomic E-state index is -0.0750. The van der Waals surface area contributed by atoms with Crippen LogP contribution in [0.4, 0.5) is 5.82 Å². The van der Waals surface area contributed by atoms with Crippen LogP contribution in [0.5, 0.6) is 0 Å². The minimum absolute atomic E-state index is 0.0750. The highest BCUT2D eigenvalue weighted by Gasteiger charge is 2.20. The first-order valence-corrected chi connectivity index (χ1v) is 12.7. The summed E-state index contributed by atoms with van der Waals surface area (Å²) >= 11 is 0. The van der Waals surface area contributed by atoms with Crippen molar-refractivity contribution in [3.8, 4) is 33.9 Å². The standard InChI is InChI=1S/C31H29N3O2/c1-21-9-8-14-29-33-30(31(34(21)29)32-25-12-6-3-7-13-25)24-17-15-23(16-18-24)28-20-26(35)19-27(36-28)22-10-4-2-5-11-22/h2,4-5,8-11,14-20,25,32H,3,6-7,12-13H2,1H3. The molecule has 0 bridgehead atoms. The summed E-state index contributed by atoms with van der Waals surface area (Å²) in [6.45, 7) is 2.12. The molecule has 1 saturated carbocycles. The van der Waals surface area contributed by atoms with E-state index in [0.29, 0.717) is 17.6 Å². The van der Waals surface area contributed by atoms with Crippen LogP contribution < -0.4 is 10.7 Å². The molecule has 5 heteroatoms. The van der Waals surface area contributed by atoms with Crippen molar-refractivity contribution in [1.29, 1.82) is 0 Å². The fraction of sp³-hybridized carbons (Fsp3) is 0.226. The molecule has 0 radical (unpaired) electrons. The Balaban J connectivity index is 1.38. The van der Waals surface area contributed by atoms with Gasteiger partial charge in [-0.3, -0.25) is 9.20 Å². The molecule has 0 saturated heterocycles. The molecule has 1 aliphatic carbocycles. The Bertz CT molecular complexity index is 1560. The molecule has 1 N–H and O–H groups in total. The van der Waals surface area contributed by atoms with Crippen molar-refractivity contribution in [3.63, 3.8) is 0 Å². The van der Waals surface area contributed by atoms with Crippen LogP contribution in [0.2, 0.25) is 0 Å². The lowest BCUT2D eigenvalue weighted by atomic mass is 9.95. The van der Waals surface area contributed by atoms with Crippen molar-refractivity contribution in [3.05, 3.63) is 101 Å². The molecule has 0 atom stereocenters.